The Morgan fingerprint density at radius 1 is 1.22 bits per heavy atom. The predicted octanol–water partition coefficient (Wildman–Crippen LogP) is 0.0398. The molecule has 0 saturated carbocycles. The average Bonchev–Trinajstić information content (AvgIpc) is 2.73. The summed E-state index contributed by atoms with van der Waals surface area (Å²) < 4.78 is 26.0. The summed E-state index contributed by atoms with van der Waals surface area (Å²) in [5.74, 6) is -2.04. The molecule has 6 N–H and O–H groups in total. The van der Waals surface area contributed by atoms with Crippen molar-refractivity contribution in [1.29, 1.82) is 0 Å². The maximum absolute atomic E-state index is 12.3. The second kappa shape index (κ2) is 11.4. The van der Waals surface area contributed by atoms with E-state index in [9.17, 15) is 27.9 Å². The molecule has 1 amide bonds. The van der Waals surface area contributed by atoms with E-state index in [0.717, 1.165) is 5.56 Å². The van der Waals surface area contributed by atoms with E-state index in [1.54, 1.807) is 24.3 Å². The highest BCUT2D eigenvalue weighted by Gasteiger charge is 2.24. The molecule has 1 atom stereocenters. The molecule has 1 aromatic carbocycles. The van der Waals surface area contributed by atoms with E-state index in [-0.39, 0.29) is 17.3 Å². The number of nitrogens with two attached hydrogens (primary N) is 1. The molecule has 0 spiro atoms. The Hall–Kier alpha value is -3.25. The van der Waals surface area contributed by atoms with Gasteiger partial charge in [0, 0.05) is 18.2 Å². The van der Waals surface area contributed by atoms with Crippen LogP contribution in [0.1, 0.15) is 41.4 Å². The Balaban J connectivity index is 1.92. The van der Waals surface area contributed by atoms with Crippen LogP contribution in [0.4, 0.5) is 5.95 Å². The molecule has 1 aromatic heterocycles. The Labute approximate surface area is 185 Å². The minimum absolute atomic E-state index is 0.0480. The van der Waals surface area contributed by atoms with Crippen LogP contribution in [-0.4, -0.2) is 53.7 Å². The van der Waals surface area contributed by atoms with Crippen molar-refractivity contribution in [1.82, 2.24) is 20.0 Å². The Morgan fingerprint density at radius 3 is 2.50 bits per heavy atom. The van der Waals surface area contributed by atoms with Crippen molar-refractivity contribution < 1.29 is 23.1 Å². The molecule has 12 heteroatoms. The summed E-state index contributed by atoms with van der Waals surface area (Å²) in [6.45, 7) is 1.43. The molecule has 0 aliphatic rings. The minimum Gasteiger partial charge on any atom is -0.480 e. The van der Waals surface area contributed by atoms with Crippen molar-refractivity contribution in [3.63, 3.8) is 0 Å². The van der Waals surface area contributed by atoms with Gasteiger partial charge < -0.3 is 16.2 Å². The number of unbranched alkanes of at least 4 members (excludes halogenated alkanes) is 1. The van der Waals surface area contributed by atoms with Gasteiger partial charge in [-0.1, -0.05) is 25.5 Å². The zero-order chi connectivity index (χ0) is 23.7. The van der Waals surface area contributed by atoms with Crippen LogP contribution in [0.25, 0.3) is 0 Å². The van der Waals surface area contributed by atoms with Crippen LogP contribution in [0.5, 0.6) is 0 Å². The second-order valence-corrected chi connectivity index (χ2v) is 9.08. The minimum atomic E-state index is -3.76. The van der Waals surface area contributed by atoms with Gasteiger partial charge >= 0.3 is 5.97 Å². The highest BCUT2D eigenvalue weighted by atomic mass is 32.2. The smallest absolute Gasteiger partial charge is 0.323 e. The third kappa shape index (κ3) is 8.12. The molecule has 0 radical (unpaired) electrons. The number of nitrogen functional groups attached to an aromatic ring is 1. The zero-order valence-electron chi connectivity index (χ0n) is 17.6. The third-order valence-corrected chi connectivity index (χ3v) is 6.02. The fourth-order valence-corrected chi connectivity index (χ4v) is 4.24. The maximum atomic E-state index is 12.3. The van der Waals surface area contributed by atoms with Crippen LogP contribution in [-0.2, 0) is 27.7 Å². The molecule has 174 valence electrons. The summed E-state index contributed by atoms with van der Waals surface area (Å²) in [4.78, 5) is 41.5. The highest BCUT2D eigenvalue weighted by Crippen LogP contribution is 2.08. The maximum Gasteiger partial charge on any atom is 0.323 e. The SMILES string of the molecule is CCCCS(=O)(=O)NC(CNC(=O)c1ccc(CCc2cc(=O)[nH]c(N)n2)cc1)C(=O)O. The molecular weight excluding hydrogens is 438 g/mol. The van der Waals surface area contributed by atoms with E-state index in [2.05, 4.69) is 20.0 Å². The lowest BCUT2D eigenvalue weighted by Crippen LogP contribution is -2.48. The molecule has 0 fully saturated rings. The van der Waals surface area contributed by atoms with E-state index in [0.29, 0.717) is 36.9 Å². The standard InChI is InChI=1S/C20H27N5O6S/c1-2-3-10-32(30,31)25-16(19(28)29)12-22-18(27)14-7-4-13(5-8-14)6-9-15-11-17(26)24-20(21)23-15/h4-5,7-8,11,16,25H,2-3,6,9-10,12H2,1H3,(H,22,27)(H,28,29)(H3,21,23,24,26). The highest BCUT2D eigenvalue weighted by molar-refractivity contribution is 7.89. The van der Waals surface area contributed by atoms with Crippen molar-refractivity contribution in [2.24, 2.45) is 0 Å². The van der Waals surface area contributed by atoms with E-state index in [1.165, 1.54) is 6.07 Å². The molecule has 0 aliphatic heterocycles. The van der Waals surface area contributed by atoms with Gasteiger partial charge in [-0.05, 0) is 37.0 Å². The number of sulfonamides is 1. The summed E-state index contributed by atoms with van der Waals surface area (Å²) in [5.41, 5.74) is 6.94. The number of hydrogen-bond acceptors (Lipinski definition) is 7. The van der Waals surface area contributed by atoms with Crippen LogP contribution in [0.15, 0.2) is 35.1 Å². The number of rotatable bonds is 12. The fraction of sp³-hybridized carbons (Fsp3) is 0.400. The molecule has 1 unspecified atom stereocenters. The van der Waals surface area contributed by atoms with E-state index < -0.39 is 34.5 Å². The molecule has 11 nitrogen and oxygen atoms in total. The normalized spacial score (nSPS) is 12.3. The van der Waals surface area contributed by atoms with Crippen LogP contribution in [0, 0.1) is 0 Å². The van der Waals surface area contributed by atoms with E-state index in [1.807, 2.05) is 6.92 Å². The number of amides is 1. The van der Waals surface area contributed by atoms with Crippen molar-refractivity contribution in [2.75, 3.05) is 18.0 Å². The molecule has 0 saturated heterocycles. The second-order valence-electron chi connectivity index (χ2n) is 7.21. The molecule has 2 aromatic rings. The number of anilines is 1. The largest absolute Gasteiger partial charge is 0.480 e. The predicted molar refractivity (Wildman–Crippen MR) is 119 cm³/mol. The van der Waals surface area contributed by atoms with E-state index in [4.69, 9.17) is 5.73 Å². The number of carbonyl (C=O) groups excluding carboxylic acids is 1. The van der Waals surface area contributed by atoms with Crippen LogP contribution < -0.4 is 21.3 Å². The summed E-state index contributed by atoms with van der Waals surface area (Å²) in [6, 6.07) is 6.51. The molecule has 1 heterocycles. The van der Waals surface area contributed by atoms with E-state index >= 15 is 0 Å². The van der Waals surface area contributed by atoms with Crippen LogP contribution in [0.2, 0.25) is 0 Å². The number of nitrogens with one attached hydrogen (secondary N) is 3. The number of aromatic amines is 1. The first-order valence-corrected chi connectivity index (χ1v) is 11.7. The van der Waals surface area contributed by atoms with Crippen molar-refractivity contribution in [3.8, 4) is 0 Å². The van der Waals surface area contributed by atoms with Crippen molar-refractivity contribution in [3.05, 3.63) is 57.5 Å². The molecule has 0 aliphatic carbocycles. The number of aryl methyl sites for hydroxylation is 2. The molecule has 2 rings (SSSR count). The lowest BCUT2D eigenvalue weighted by Gasteiger charge is -2.15. The van der Waals surface area contributed by atoms with Crippen LogP contribution >= 0.6 is 0 Å². The van der Waals surface area contributed by atoms with Gasteiger partial charge in [-0.3, -0.25) is 19.4 Å². The van der Waals surface area contributed by atoms with Gasteiger partial charge in [0.15, 0.2) is 0 Å². The van der Waals surface area contributed by atoms with Gasteiger partial charge in [0.25, 0.3) is 11.5 Å². The lowest BCUT2D eigenvalue weighted by molar-refractivity contribution is -0.138. The Morgan fingerprint density at radius 2 is 1.91 bits per heavy atom. The third-order valence-electron chi connectivity index (χ3n) is 4.55. The van der Waals surface area contributed by atoms with Crippen LogP contribution in [0.3, 0.4) is 0 Å². The zero-order valence-corrected chi connectivity index (χ0v) is 18.4. The first-order chi connectivity index (χ1) is 15.1. The summed E-state index contributed by atoms with van der Waals surface area (Å²) in [6.07, 6.45) is 2.11. The summed E-state index contributed by atoms with van der Waals surface area (Å²) >= 11 is 0. The van der Waals surface area contributed by atoms with Gasteiger partial charge in [-0.15, -0.1) is 0 Å². The average molecular weight is 466 g/mol. The monoisotopic (exact) mass is 465 g/mol. The quantitative estimate of drug-likeness (QED) is 0.291. The number of nitrogens with zero attached hydrogens (tertiary/aromatic N) is 1. The number of hydrogen-bond donors (Lipinski definition) is 5. The first kappa shape index (κ1) is 25.0. The first-order valence-electron chi connectivity index (χ1n) is 10.1. The fourth-order valence-electron chi connectivity index (χ4n) is 2.84. The van der Waals surface area contributed by atoms with Gasteiger partial charge in [0.1, 0.15) is 6.04 Å². The van der Waals surface area contributed by atoms with Gasteiger partial charge in [0.2, 0.25) is 16.0 Å². The molecule has 32 heavy (non-hydrogen) atoms. The van der Waals surface area contributed by atoms with Gasteiger partial charge in [-0.25, -0.2) is 13.4 Å². The van der Waals surface area contributed by atoms with Gasteiger partial charge in [0.05, 0.1) is 11.4 Å². The number of aliphatic carboxylic acids is 1. The molecule has 0 bridgehead atoms. The molecular formula is C20H27N5O6S. The number of carboxylic acid groups (broad SMARTS) is 1. The lowest BCUT2D eigenvalue weighted by atomic mass is 10.1. The summed E-state index contributed by atoms with van der Waals surface area (Å²) in [5, 5.41) is 11.7. The Bertz CT molecular complexity index is 1100. The number of H-pyrrole nitrogens is 1. The topological polar surface area (TPSA) is 184 Å². The summed E-state index contributed by atoms with van der Waals surface area (Å²) in [7, 11) is -3.76. The number of carboxylic acids is 1. The number of aromatic nitrogens is 2. The van der Waals surface area contributed by atoms with Gasteiger partial charge in [-0.2, -0.15) is 4.72 Å². The van der Waals surface area contributed by atoms with Crippen molar-refractivity contribution in [2.45, 2.75) is 38.6 Å². The number of benzene rings is 1. The van der Waals surface area contributed by atoms with Crippen molar-refractivity contribution >= 4 is 27.8 Å². The Kier molecular flexibility index (Phi) is 8.91. The number of carbonyl (C=O) groups is 2.